The molecule has 0 fully saturated rings. The highest BCUT2D eigenvalue weighted by Crippen LogP contribution is 2.00. The van der Waals surface area contributed by atoms with E-state index in [4.69, 9.17) is 4.74 Å². The number of nitrogens with one attached hydrogen (secondary N) is 2. The van der Waals surface area contributed by atoms with Crippen LogP contribution in [0.3, 0.4) is 0 Å². The molecule has 0 atom stereocenters. The summed E-state index contributed by atoms with van der Waals surface area (Å²) in [4.78, 5) is 4.61. The predicted octanol–water partition coefficient (Wildman–Crippen LogP) is 1.78. The molecule has 0 amide bonds. The Balaban J connectivity index is 2.47. The largest absolute Gasteiger partial charge is 0.385 e. The SMILES string of the molecule is CCCCCCNC(=NCc1nnc(C)n1C)NCCCOC. The molecule has 0 aliphatic carbocycles. The Bertz CT molecular complexity index is 457. The number of methoxy groups -OCH3 is 1. The minimum absolute atomic E-state index is 0.520. The van der Waals surface area contributed by atoms with E-state index >= 15 is 0 Å². The fourth-order valence-electron chi connectivity index (χ4n) is 2.09. The summed E-state index contributed by atoms with van der Waals surface area (Å²) in [5.74, 6) is 2.60. The molecular formula is C16H32N6O. The number of aliphatic imine (C=N–C) groups is 1. The molecule has 0 saturated heterocycles. The van der Waals surface area contributed by atoms with Crippen LogP contribution in [-0.4, -0.2) is 47.5 Å². The van der Waals surface area contributed by atoms with Crippen molar-refractivity contribution in [3.8, 4) is 0 Å². The number of ether oxygens (including phenoxy) is 1. The van der Waals surface area contributed by atoms with E-state index in [1.807, 2.05) is 18.5 Å². The maximum atomic E-state index is 5.07. The third-order valence-corrected chi connectivity index (χ3v) is 3.70. The van der Waals surface area contributed by atoms with Gasteiger partial charge in [0.1, 0.15) is 12.4 Å². The molecule has 1 aromatic heterocycles. The smallest absolute Gasteiger partial charge is 0.191 e. The lowest BCUT2D eigenvalue weighted by Crippen LogP contribution is -2.38. The van der Waals surface area contributed by atoms with Crippen LogP contribution in [0.2, 0.25) is 0 Å². The molecule has 1 rings (SSSR count). The molecule has 23 heavy (non-hydrogen) atoms. The van der Waals surface area contributed by atoms with Crippen LogP contribution in [0.25, 0.3) is 0 Å². The van der Waals surface area contributed by atoms with Gasteiger partial charge in [-0.3, -0.25) is 0 Å². The van der Waals surface area contributed by atoms with Gasteiger partial charge in [-0.2, -0.15) is 0 Å². The Morgan fingerprint density at radius 2 is 1.87 bits per heavy atom. The van der Waals surface area contributed by atoms with Gasteiger partial charge in [-0.15, -0.1) is 10.2 Å². The Morgan fingerprint density at radius 3 is 2.48 bits per heavy atom. The van der Waals surface area contributed by atoms with Crippen molar-refractivity contribution < 1.29 is 4.74 Å². The highest BCUT2D eigenvalue weighted by atomic mass is 16.5. The number of unbranched alkanes of at least 4 members (excludes halogenated alkanes) is 3. The first-order valence-electron chi connectivity index (χ1n) is 8.55. The Labute approximate surface area is 139 Å². The van der Waals surface area contributed by atoms with Crippen LogP contribution >= 0.6 is 0 Å². The van der Waals surface area contributed by atoms with E-state index in [1.54, 1.807) is 7.11 Å². The zero-order valence-electron chi connectivity index (χ0n) is 15.1. The van der Waals surface area contributed by atoms with Crippen molar-refractivity contribution >= 4 is 5.96 Å². The molecule has 132 valence electrons. The second kappa shape index (κ2) is 11.9. The second-order valence-corrected chi connectivity index (χ2v) is 5.65. The van der Waals surface area contributed by atoms with Gasteiger partial charge in [-0.1, -0.05) is 26.2 Å². The van der Waals surface area contributed by atoms with E-state index in [2.05, 4.69) is 32.7 Å². The number of hydrogen-bond acceptors (Lipinski definition) is 4. The molecule has 0 aromatic carbocycles. The lowest BCUT2D eigenvalue weighted by Gasteiger charge is -2.12. The molecule has 0 bridgehead atoms. The lowest BCUT2D eigenvalue weighted by molar-refractivity contribution is 0.195. The average molecular weight is 324 g/mol. The molecule has 0 radical (unpaired) electrons. The third-order valence-electron chi connectivity index (χ3n) is 3.70. The zero-order chi connectivity index (χ0) is 16.9. The van der Waals surface area contributed by atoms with Crippen molar-refractivity contribution in [1.29, 1.82) is 0 Å². The number of aryl methyl sites for hydroxylation is 1. The Morgan fingerprint density at radius 1 is 1.13 bits per heavy atom. The summed E-state index contributed by atoms with van der Waals surface area (Å²) in [6, 6.07) is 0. The number of hydrogen-bond donors (Lipinski definition) is 2. The molecule has 1 aromatic rings. The Kier molecular flexibility index (Phi) is 10.0. The zero-order valence-corrected chi connectivity index (χ0v) is 15.1. The van der Waals surface area contributed by atoms with Crippen LogP contribution in [0, 0.1) is 6.92 Å². The molecule has 0 spiro atoms. The van der Waals surface area contributed by atoms with E-state index in [-0.39, 0.29) is 0 Å². The number of rotatable bonds is 11. The van der Waals surface area contributed by atoms with E-state index in [1.165, 1.54) is 19.3 Å². The second-order valence-electron chi connectivity index (χ2n) is 5.65. The van der Waals surface area contributed by atoms with E-state index in [0.29, 0.717) is 6.54 Å². The van der Waals surface area contributed by atoms with Crippen LogP contribution in [0.4, 0.5) is 0 Å². The lowest BCUT2D eigenvalue weighted by atomic mass is 10.2. The van der Waals surface area contributed by atoms with Gasteiger partial charge in [-0.25, -0.2) is 4.99 Å². The van der Waals surface area contributed by atoms with Crippen LogP contribution < -0.4 is 10.6 Å². The van der Waals surface area contributed by atoms with Gasteiger partial charge in [0.15, 0.2) is 11.8 Å². The monoisotopic (exact) mass is 324 g/mol. The summed E-state index contributed by atoms with van der Waals surface area (Å²) >= 11 is 0. The molecule has 0 aliphatic rings. The molecule has 0 aliphatic heterocycles. The van der Waals surface area contributed by atoms with E-state index < -0.39 is 0 Å². The minimum Gasteiger partial charge on any atom is -0.385 e. The molecule has 7 heteroatoms. The highest BCUT2D eigenvalue weighted by molar-refractivity contribution is 5.79. The van der Waals surface area contributed by atoms with Gasteiger partial charge < -0.3 is 19.9 Å². The molecule has 0 saturated carbocycles. The molecular weight excluding hydrogens is 292 g/mol. The fourth-order valence-corrected chi connectivity index (χ4v) is 2.09. The van der Waals surface area contributed by atoms with Crippen molar-refractivity contribution in [2.75, 3.05) is 26.8 Å². The van der Waals surface area contributed by atoms with Gasteiger partial charge in [0.05, 0.1) is 0 Å². The summed E-state index contributed by atoms with van der Waals surface area (Å²) in [7, 11) is 3.68. The van der Waals surface area contributed by atoms with Gasteiger partial charge in [0.25, 0.3) is 0 Å². The highest BCUT2D eigenvalue weighted by Gasteiger charge is 2.05. The molecule has 7 nitrogen and oxygen atoms in total. The summed E-state index contributed by atoms with van der Waals surface area (Å²) < 4.78 is 7.04. The number of nitrogens with zero attached hydrogens (tertiary/aromatic N) is 4. The van der Waals surface area contributed by atoms with E-state index in [9.17, 15) is 0 Å². The quantitative estimate of drug-likeness (QED) is 0.369. The normalized spacial score (nSPS) is 11.7. The molecule has 1 heterocycles. The van der Waals surface area contributed by atoms with Crippen LogP contribution in [-0.2, 0) is 18.3 Å². The van der Waals surface area contributed by atoms with Gasteiger partial charge in [0, 0.05) is 33.9 Å². The van der Waals surface area contributed by atoms with Crippen LogP contribution in [0.15, 0.2) is 4.99 Å². The molecule has 2 N–H and O–H groups in total. The summed E-state index contributed by atoms with van der Waals surface area (Å²) in [6.07, 6.45) is 5.91. The van der Waals surface area contributed by atoms with Crippen LogP contribution in [0.1, 0.15) is 50.7 Å². The van der Waals surface area contributed by atoms with E-state index in [0.717, 1.165) is 50.1 Å². The number of guanidine groups is 1. The summed E-state index contributed by atoms with van der Waals surface area (Å²) in [5.41, 5.74) is 0. The minimum atomic E-state index is 0.520. The van der Waals surface area contributed by atoms with Crippen LogP contribution in [0.5, 0.6) is 0 Å². The predicted molar refractivity (Wildman–Crippen MR) is 93.5 cm³/mol. The first-order chi connectivity index (χ1) is 11.2. The summed E-state index contributed by atoms with van der Waals surface area (Å²) in [6.45, 7) is 7.21. The summed E-state index contributed by atoms with van der Waals surface area (Å²) in [5, 5.41) is 14.9. The Hall–Kier alpha value is -1.63. The maximum Gasteiger partial charge on any atom is 0.191 e. The van der Waals surface area contributed by atoms with Crippen molar-refractivity contribution in [3.05, 3.63) is 11.6 Å². The van der Waals surface area contributed by atoms with Crippen molar-refractivity contribution in [3.63, 3.8) is 0 Å². The van der Waals surface area contributed by atoms with Crippen molar-refractivity contribution in [1.82, 2.24) is 25.4 Å². The van der Waals surface area contributed by atoms with Gasteiger partial charge >= 0.3 is 0 Å². The van der Waals surface area contributed by atoms with Gasteiger partial charge in [-0.05, 0) is 19.8 Å². The fraction of sp³-hybridized carbons (Fsp3) is 0.812. The topological polar surface area (TPSA) is 76.4 Å². The van der Waals surface area contributed by atoms with Gasteiger partial charge in [0.2, 0.25) is 0 Å². The standard InChI is InChI=1S/C16H32N6O/c1-5-6-7-8-10-17-16(18-11-9-12-23-4)19-13-15-21-20-14(2)22(15)3/h5-13H2,1-4H3,(H2,17,18,19). The maximum absolute atomic E-state index is 5.07. The first kappa shape index (κ1) is 19.4. The average Bonchev–Trinajstić information content (AvgIpc) is 2.87. The molecule has 0 unspecified atom stereocenters. The first-order valence-corrected chi connectivity index (χ1v) is 8.55. The van der Waals surface area contributed by atoms with Crippen molar-refractivity contribution in [2.24, 2.45) is 12.0 Å². The third kappa shape index (κ3) is 7.97. The van der Waals surface area contributed by atoms with Crippen molar-refractivity contribution in [2.45, 2.75) is 52.5 Å². The number of aromatic nitrogens is 3.